The maximum atomic E-state index is 4.29. The fourth-order valence-corrected chi connectivity index (χ4v) is 2.26. The van der Waals surface area contributed by atoms with E-state index >= 15 is 0 Å². The van der Waals surface area contributed by atoms with Crippen LogP contribution in [0.2, 0.25) is 0 Å². The molecule has 0 aliphatic rings. The molecule has 2 rings (SSSR count). The maximum Gasteiger partial charge on any atom is 0.0537 e. The van der Waals surface area contributed by atoms with Gasteiger partial charge < -0.3 is 5.32 Å². The highest BCUT2D eigenvalue weighted by atomic mass is 79.9. The molecular formula is C14H18BrN3. The Morgan fingerprint density at radius 1 is 1.44 bits per heavy atom. The summed E-state index contributed by atoms with van der Waals surface area (Å²) < 4.78 is 3.07. The van der Waals surface area contributed by atoms with Crippen molar-refractivity contribution in [2.24, 2.45) is 0 Å². The molecule has 96 valence electrons. The van der Waals surface area contributed by atoms with E-state index in [1.165, 1.54) is 11.1 Å². The maximum absolute atomic E-state index is 4.29. The molecule has 0 saturated heterocycles. The van der Waals surface area contributed by atoms with Crippen LogP contribution in [0.5, 0.6) is 0 Å². The Bertz CT molecular complexity index is 507. The minimum absolute atomic E-state index is 0.310. The Morgan fingerprint density at radius 2 is 2.28 bits per heavy atom. The first kappa shape index (κ1) is 13.3. The molecule has 0 amide bonds. The number of hydrogen-bond acceptors (Lipinski definition) is 2. The Balaban J connectivity index is 1.93. The molecule has 0 radical (unpaired) electrons. The summed E-state index contributed by atoms with van der Waals surface area (Å²) in [5, 5.41) is 7.80. The van der Waals surface area contributed by atoms with Gasteiger partial charge in [-0.05, 0) is 31.5 Å². The lowest BCUT2D eigenvalue weighted by molar-refractivity contribution is 0.573. The first-order valence-corrected chi connectivity index (χ1v) is 6.98. The van der Waals surface area contributed by atoms with E-state index in [-0.39, 0.29) is 0 Å². The molecule has 0 spiro atoms. The van der Waals surface area contributed by atoms with Crippen LogP contribution >= 0.6 is 15.9 Å². The van der Waals surface area contributed by atoms with Crippen molar-refractivity contribution < 1.29 is 0 Å². The first-order chi connectivity index (χ1) is 8.69. The average molecular weight is 308 g/mol. The fourth-order valence-electron chi connectivity index (χ4n) is 1.81. The third kappa shape index (κ3) is 3.43. The van der Waals surface area contributed by atoms with Crippen molar-refractivity contribution in [1.82, 2.24) is 15.1 Å². The molecule has 1 aromatic carbocycles. The van der Waals surface area contributed by atoms with Gasteiger partial charge in [0.2, 0.25) is 0 Å². The van der Waals surface area contributed by atoms with Crippen molar-refractivity contribution >= 4 is 15.9 Å². The van der Waals surface area contributed by atoms with Gasteiger partial charge >= 0.3 is 0 Å². The summed E-state index contributed by atoms with van der Waals surface area (Å²) in [7, 11) is 0. The van der Waals surface area contributed by atoms with Gasteiger partial charge in [-0.3, -0.25) is 4.68 Å². The number of rotatable bonds is 5. The second-order valence-electron chi connectivity index (χ2n) is 4.36. The molecule has 18 heavy (non-hydrogen) atoms. The van der Waals surface area contributed by atoms with Crippen LogP contribution < -0.4 is 5.32 Å². The van der Waals surface area contributed by atoms with Gasteiger partial charge in [0.1, 0.15) is 0 Å². The van der Waals surface area contributed by atoms with Crippen molar-refractivity contribution in [3.05, 3.63) is 52.3 Å². The van der Waals surface area contributed by atoms with E-state index in [4.69, 9.17) is 0 Å². The minimum Gasteiger partial charge on any atom is -0.306 e. The van der Waals surface area contributed by atoms with Crippen LogP contribution in [0.25, 0.3) is 0 Å². The standard InChI is InChI=1S/C14H18BrN3/c1-3-18-10-13(9-17-18)11(2)16-8-12-5-4-6-14(15)7-12/h4-7,9-11,16H,3,8H2,1-2H3. The molecule has 1 heterocycles. The molecule has 1 aromatic heterocycles. The smallest absolute Gasteiger partial charge is 0.0537 e. The van der Waals surface area contributed by atoms with Crippen LogP contribution in [-0.2, 0) is 13.1 Å². The van der Waals surface area contributed by atoms with Crippen molar-refractivity contribution in [1.29, 1.82) is 0 Å². The monoisotopic (exact) mass is 307 g/mol. The molecule has 0 bridgehead atoms. The van der Waals surface area contributed by atoms with E-state index in [9.17, 15) is 0 Å². The highest BCUT2D eigenvalue weighted by Crippen LogP contribution is 2.14. The summed E-state index contributed by atoms with van der Waals surface area (Å²) in [6.07, 6.45) is 4.03. The SMILES string of the molecule is CCn1cc(C(C)NCc2cccc(Br)c2)cn1. The van der Waals surface area contributed by atoms with Gasteiger partial charge in [0.05, 0.1) is 6.20 Å². The number of benzene rings is 1. The molecule has 1 unspecified atom stereocenters. The molecule has 1 atom stereocenters. The lowest BCUT2D eigenvalue weighted by Gasteiger charge is -2.12. The molecule has 2 aromatic rings. The van der Waals surface area contributed by atoms with E-state index in [0.717, 1.165) is 17.6 Å². The first-order valence-electron chi connectivity index (χ1n) is 6.19. The second kappa shape index (κ2) is 6.16. The van der Waals surface area contributed by atoms with Crippen molar-refractivity contribution in [3.8, 4) is 0 Å². The zero-order valence-corrected chi connectivity index (χ0v) is 12.3. The van der Waals surface area contributed by atoms with Crippen LogP contribution in [0.3, 0.4) is 0 Å². The molecule has 3 nitrogen and oxygen atoms in total. The number of nitrogens with zero attached hydrogens (tertiary/aromatic N) is 2. The molecular weight excluding hydrogens is 290 g/mol. The summed E-state index contributed by atoms with van der Waals surface area (Å²) in [5.41, 5.74) is 2.51. The van der Waals surface area contributed by atoms with Crippen LogP contribution in [0.1, 0.15) is 31.0 Å². The van der Waals surface area contributed by atoms with Crippen molar-refractivity contribution in [3.63, 3.8) is 0 Å². The molecule has 0 fully saturated rings. The van der Waals surface area contributed by atoms with Gasteiger partial charge in [-0.15, -0.1) is 0 Å². The van der Waals surface area contributed by atoms with Crippen molar-refractivity contribution in [2.45, 2.75) is 33.0 Å². The molecule has 0 saturated carbocycles. The largest absolute Gasteiger partial charge is 0.306 e. The fraction of sp³-hybridized carbons (Fsp3) is 0.357. The number of nitrogens with one attached hydrogen (secondary N) is 1. The Kier molecular flexibility index (Phi) is 4.55. The predicted molar refractivity (Wildman–Crippen MR) is 77.3 cm³/mol. The Hall–Kier alpha value is -1.13. The van der Waals surface area contributed by atoms with Crippen LogP contribution in [-0.4, -0.2) is 9.78 Å². The number of hydrogen-bond donors (Lipinski definition) is 1. The number of aryl methyl sites for hydroxylation is 1. The number of aromatic nitrogens is 2. The van der Waals surface area contributed by atoms with E-state index in [1.807, 2.05) is 16.9 Å². The van der Waals surface area contributed by atoms with Gasteiger partial charge in [0, 0.05) is 35.4 Å². The summed E-state index contributed by atoms with van der Waals surface area (Å²) in [4.78, 5) is 0. The Labute approximate surface area is 116 Å². The normalized spacial score (nSPS) is 12.6. The highest BCUT2D eigenvalue weighted by Gasteiger charge is 2.07. The molecule has 0 aliphatic carbocycles. The molecule has 4 heteroatoms. The zero-order chi connectivity index (χ0) is 13.0. The highest BCUT2D eigenvalue weighted by molar-refractivity contribution is 9.10. The summed E-state index contributed by atoms with van der Waals surface area (Å²) in [6.45, 7) is 6.03. The van der Waals surface area contributed by atoms with Crippen LogP contribution in [0.15, 0.2) is 41.1 Å². The molecule has 0 aliphatic heterocycles. The predicted octanol–water partition coefficient (Wildman–Crippen LogP) is 3.52. The van der Waals surface area contributed by atoms with E-state index in [2.05, 4.69) is 64.6 Å². The van der Waals surface area contributed by atoms with E-state index < -0.39 is 0 Å². The van der Waals surface area contributed by atoms with Crippen LogP contribution in [0, 0.1) is 0 Å². The lowest BCUT2D eigenvalue weighted by Crippen LogP contribution is -2.17. The lowest BCUT2D eigenvalue weighted by atomic mass is 10.1. The van der Waals surface area contributed by atoms with Crippen LogP contribution in [0.4, 0.5) is 0 Å². The summed E-state index contributed by atoms with van der Waals surface area (Å²) >= 11 is 3.49. The van der Waals surface area contributed by atoms with Gasteiger partial charge in [-0.25, -0.2) is 0 Å². The summed E-state index contributed by atoms with van der Waals surface area (Å²) in [6, 6.07) is 8.66. The van der Waals surface area contributed by atoms with Crippen molar-refractivity contribution in [2.75, 3.05) is 0 Å². The third-order valence-corrected chi connectivity index (χ3v) is 3.47. The van der Waals surface area contributed by atoms with Gasteiger partial charge in [-0.1, -0.05) is 28.1 Å². The van der Waals surface area contributed by atoms with E-state index in [1.54, 1.807) is 0 Å². The quantitative estimate of drug-likeness (QED) is 0.916. The third-order valence-electron chi connectivity index (χ3n) is 2.98. The zero-order valence-electron chi connectivity index (χ0n) is 10.7. The van der Waals surface area contributed by atoms with Gasteiger partial charge in [0.15, 0.2) is 0 Å². The van der Waals surface area contributed by atoms with Gasteiger partial charge in [0.25, 0.3) is 0 Å². The number of halogens is 1. The van der Waals surface area contributed by atoms with E-state index in [0.29, 0.717) is 6.04 Å². The van der Waals surface area contributed by atoms with Gasteiger partial charge in [-0.2, -0.15) is 5.10 Å². The summed E-state index contributed by atoms with van der Waals surface area (Å²) in [5.74, 6) is 0. The topological polar surface area (TPSA) is 29.9 Å². The average Bonchev–Trinajstić information content (AvgIpc) is 2.85. The minimum atomic E-state index is 0.310. The second-order valence-corrected chi connectivity index (χ2v) is 5.28. The molecule has 1 N–H and O–H groups in total. The Morgan fingerprint density at radius 3 is 2.94 bits per heavy atom.